The summed E-state index contributed by atoms with van der Waals surface area (Å²) in [4.78, 5) is 27.8. The summed E-state index contributed by atoms with van der Waals surface area (Å²) < 4.78 is 1.76. The van der Waals surface area contributed by atoms with Crippen LogP contribution in [0.25, 0.3) is 22.0 Å². The lowest BCUT2D eigenvalue weighted by molar-refractivity contribution is -0.143. The van der Waals surface area contributed by atoms with Crippen LogP contribution in [0.2, 0.25) is 0 Å². The van der Waals surface area contributed by atoms with Crippen LogP contribution in [0.3, 0.4) is 0 Å². The second-order valence-electron chi connectivity index (χ2n) is 8.50. The summed E-state index contributed by atoms with van der Waals surface area (Å²) in [6.45, 7) is 2.54. The third-order valence-corrected chi connectivity index (χ3v) is 6.91. The average Bonchev–Trinajstić information content (AvgIpc) is 3.57. The number of carbonyl (C=O) groups is 1. The highest BCUT2D eigenvalue weighted by Gasteiger charge is 2.45. The van der Waals surface area contributed by atoms with Gasteiger partial charge in [0.05, 0.1) is 17.4 Å². The van der Waals surface area contributed by atoms with E-state index < -0.39 is 5.60 Å². The molecule has 174 valence electrons. The van der Waals surface area contributed by atoms with Gasteiger partial charge in [0.15, 0.2) is 5.60 Å². The number of likely N-dealkylation sites (tertiary alicyclic amines) is 1. The summed E-state index contributed by atoms with van der Waals surface area (Å²) in [6.07, 6.45) is 3.98. The van der Waals surface area contributed by atoms with E-state index >= 15 is 0 Å². The Morgan fingerprint density at radius 3 is 2.76 bits per heavy atom. The van der Waals surface area contributed by atoms with Crippen molar-refractivity contribution < 1.29 is 9.90 Å². The quantitative estimate of drug-likeness (QED) is 0.441. The summed E-state index contributed by atoms with van der Waals surface area (Å²) in [5, 5.41) is 21.4. The van der Waals surface area contributed by atoms with Crippen molar-refractivity contribution in [1.29, 1.82) is 0 Å². The maximum atomic E-state index is 12.5. The highest BCUT2D eigenvalue weighted by Crippen LogP contribution is 2.35. The van der Waals surface area contributed by atoms with Gasteiger partial charge in [0.2, 0.25) is 5.95 Å². The molecule has 0 bridgehead atoms. The van der Waals surface area contributed by atoms with E-state index in [0.29, 0.717) is 30.2 Å². The number of likely N-dealkylation sites (N-methyl/N-ethyl adjacent to an activating group) is 1. The Morgan fingerprint density at radius 1 is 1.18 bits per heavy atom. The van der Waals surface area contributed by atoms with E-state index in [-0.39, 0.29) is 11.9 Å². The van der Waals surface area contributed by atoms with Crippen LogP contribution in [0.15, 0.2) is 54.2 Å². The number of carbonyl (C=O) groups excluding carboxylic acids is 1. The molecule has 1 saturated heterocycles. The molecule has 3 aromatic heterocycles. The highest BCUT2D eigenvalue weighted by atomic mass is 32.1. The molecule has 2 unspecified atom stereocenters. The smallest absolute Gasteiger partial charge is 0.258 e. The van der Waals surface area contributed by atoms with Crippen LogP contribution in [0.1, 0.15) is 30.6 Å². The predicted molar refractivity (Wildman–Crippen MR) is 130 cm³/mol. The molecule has 4 aromatic rings. The maximum absolute atomic E-state index is 12.5. The second kappa shape index (κ2) is 8.62. The number of aromatic nitrogens is 5. The number of nitrogens with one attached hydrogen (secondary N) is 1. The first-order valence-corrected chi connectivity index (χ1v) is 11.9. The molecule has 1 aromatic carbocycles. The van der Waals surface area contributed by atoms with Crippen molar-refractivity contribution in [2.45, 2.75) is 25.0 Å². The van der Waals surface area contributed by atoms with Gasteiger partial charge in [-0.05, 0) is 30.7 Å². The van der Waals surface area contributed by atoms with Gasteiger partial charge in [-0.3, -0.25) is 9.48 Å². The van der Waals surface area contributed by atoms with Crippen LogP contribution >= 0.6 is 11.3 Å². The van der Waals surface area contributed by atoms with Gasteiger partial charge in [0.25, 0.3) is 5.91 Å². The molecule has 1 aliphatic rings. The van der Waals surface area contributed by atoms with E-state index in [1.807, 2.05) is 55.9 Å². The minimum Gasteiger partial charge on any atom is -0.375 e. The molecule has 4 heterocycles. The number of hydrogen-bond acceptors (Lipinski definition) is 8. The van der Waals surface area contributed by atoms with E-state index in [1.54, 1.807) is 28.9 Å². The Labute approximate surface area is 201 Å². The number of benzene rings is 1. The molecule has 5 rings (SSSR count). The zero-order valence-electron chi connectivity index (χ0n) is 19.1. The summed E-state index contributed by atoms with van der Waals surface area (Å²) in [5.41, 5.74) is 2.32. The van der Waals surface area contributed by atoms with Crippen molar-refractivity contribution in [3.8, 4) is 22.0 Å². The number of anilines is 1. The second-order valence-corrected chi connectivity index (χ2v) is 9.36. The number of amides is 1. The van der Waals surface area contributed by atoms with Crippen LogP contribution in [0.4, 0.5) is 5.95 Å². The Bertz CT molecular complexity index is 1350. The molecule has 2 N–H and O–H groups in total. The molecular weight excluding hydrogens is 450 g/mol. The summed E-state index contributed by atoms with van der Waals surface area (Å²) >= 11 is 1.48. The molecule has 1 aliphatic heterocycles. The zero-order chi connectivity index (χ0) is 23.9. The minimum atomic E-state index is -1.48. The fourth-order valence-electron chi connectivity index (χ4n) is 4.06. The van der Waals surface area contributed by atoms with E-state index in [0.717, 1.165) is 22.0 Å². The van der Waals surface area contributed by atoms with Crippen molar-refractivity contribution in [1.82, 2.24) is 29.6 Å². The van der Waals surface area contributed by atoms with E-state index in [2.05, 4.69) is 20.4 Å². The molecule has 0 spiro atoms. The molecular formula is C24H25N7O2S. The van der Waals surface area contributed by atoms with Crippen LogP contribution in [0.5, 0.6) is 0 Å². The van der Waals surface area contributed by atoms with Crippen molar-refractivity contribution >= 4 is 23.2 Å². The number of rotatable bonds is 6. The molecule has 0 aliphatic carbocycles. The Hall–Kier alpha value is -3.63. The molecule has 0 radical (unpaired) electrons. The number of aliphatic hydroxyl groups is 1. The Balaban J connectivity index is 1.38. The molecule has 0 saturated carbocycles. The third kappa shape index (κ3) is 4.06. The number of aryl methyl sites for hydroxylation is 1. The average molecular weight is 476 g/mol. The van der Waals surface area contributed by atoms with Crippen molar-refractivity contribution in [3.05, 3.63) is 65.4 Å². The van der Waals surface area contributed by atoms with Crippen LogP contribution in [-0.2, 0) is 17.4 Å². The zero-order valence-corrected chi connectivity index (χ0v) is 20.0. The van der Waals surface area contributed by atoms with E-state index in [4.69, 9.17) is 4.98 Å². The standard InChI is InChI=1S/C24H25N7O2S/c1-15(18-8-11-31(3)29-18)26-23-25-10-7-19(28-23)21-27-20(14-34-21)16-5-4-6-17(13-16)24(33)9-12-30(2)22(24)32/h4-8,10-11,13-15,33H,9,12H2,1-3H3,(H,25,26,28). The monoisotopic (exact) mass is 475 g/mol. The molecule has 10 heteroatoms. The number of hydrogen-bond donors (Lipinski definition) is 2. The fraction of sp³-hybridized carbons (Fsp3) is 0.292. The van der Waals surface area contributed by atoms with Crippen LogP contribution in [0, 0.1) is 0 Å². The summed E-state index contributed by atoms with van der Waals surface area (Å²) in [6, 6.07) is 11.1. The van der Waals surface area contributed by atoms with E-state index in [1.165, 1.54) is 11.3 Å². The maximum Gasteiger partial charge on any atom is 0.258 e. The van der Waals surface area contributed by atoms with Crippen LogP contribution in [-0.4, -0.2) is 54.2 Å². The fourth-order valence-corrected chi connectivity index (χ4v) is 4.86. The first-order chi connectivity index (χ1) is 16.3. The summed E-state index contributed by atoms with van der Waals surface area (Å²) in [5.74, 6) is 0.227. The van der Waals surface area contributed by atoms with Crippen molar-refractivity contribution in [2.75, 3.05) is 18.9 Å². The van der Waals surface area contributed by atoms with Crippen molar-refractivity contribution in [2.24, 2.45) is 7.05 Å². The van der Waals surface area contributed by atoms with Gasteiger partial charge in [0, 0.05) is 50.4 Å². The first-order valence-electron chi connectivity index (χ1n) is 11.0. The topological polar surface area (TPSA) is 109 Å². The van der Waals surface area contributed by atoms with Crippen molar-refractivity contribution in [3.63, 3.8) is 0 Å². The highest BCUT2D eigenvalue weighted by molar-refractivity contribution is 7.13. The Morgan fingerprint density at radius 2 is 2.03 bits per heavy atom. The van der Waals surface area contributed by atoms with Gasteiger partial charge in [0.1, 0.15) is 10.7 Å². The number of thiazole rings is 1. The molecule has 1 fully saturated rings. The number of nitrogens with zero attached hydrogens (tertiary/aromatic N) is 6. The normalized spacial score (nSPS) is 18.9. The molecule has 2 atom stereocenters. The molecule has 9 nitrogen and oxygen atoms in total. The minimum absolute atomic E-state index is 0.0470. The molecule has 34 heavy (non-hydrogen) atoms. The van der Waals surface area contributed by atoms with Gasteiger partial charge in [-0.1, -0.05) is 18.2 Å². The SMILES string of the molecule is CC(Nc1nccc(-c2nc(-c3cccc(C4(O)CCN(C)C4=O)c3)cs2)n1)c1ccn(C)n1. The first kappa shape index (κ1) is 22.2. The summed E-state index contributed by atoms with van der Waals surface area (Å²) in [7, 11) is 3.59. The van der Waals surface area contributed by atoms with E-state index in [9.17, 15) is 9.90 Å². The van der Waals surface area contributed by atoms with Gasteiger partial charge in [-0.25, -0.2) is 15.0 Å². The van der Waals surface area contributed by atoms with Gasteiger partial charge < -0.3 is 15.3 Å². The Kier molecular flexibility index (Phi) is 5.62. The van der Waals surface area contributed by atoms with Gasteiger partial charge in [-0.15, -0.1) is 11.3 Å². The lowest BCUT2D eigenvalue weighted by Crippen LogP contribution is -2.36. The lowest BCUT2D eigenvalue weighted by Gasteiger charge is -2.21. The predicted octanol–water partition coefficient (Wildman–Crippen LogP) is 3.22. The van der Waals surface area contributed by atoms with Gasteiger partial charge in [-0.2, -0.15) is 5.10 Å². The molecule has 1 amide bonds. The lowest BCUT2D eigenvalue weighted by atomic mass is 9.90. The third-order valence-electron chi connectivity index (χ3n) is 6.05. The van der Waals surface area contributed by atoms with Crippen LogP contribution < -0.4 is 5.32 Å². The van der Waals surface area contributed by atoms with Gasteiger partial charge >= 0.3 is 0 Å². The largest absolute Gasteiger partial charge is 0.375 e.